The molecule has 4 unspecified atom stereocenters. The Morgan fingerprint density at radius 1 is 0.511 bits per heavy atom. The zero-order valence-electron chi connectivity index (χ0n) is 25.0. The molecule has 0 aliphatic rings. The lowest BCUT2D eigenvalue weighted by molar-refractivity contribution is -0.409. The van der Waals surface area contributed by atoms with Crippen LogP contribution in [0.4, 0.5) is 0 Å². The van der Waals surface area contributed by atoms with Crippen molar-refractivity contribution in [3.63, 3.8) is 0 Å². The molecule has 4 atom stereocenters. The molecule has 0 fully saturated rings. The van der Waals surface area contributed by atoms with Crippen LogP contribution >= 0.6 is 0 Å². The van der Waals surface area contributed by atoms with E-state index in [1.807, 2.05) is 0 Å². The average molecular weight is 651 g/mol. The highest BCUT2D eigenvalue weighted by Crippen LogP contribution is 2.06. The third-order valence-corrected chi connectivity index (χ3v) is 4.32. The molecule has 0 heterocycles. The summed E-state index contributed by atoms with van der Waals surface area (Å²) in [6.07, 6.45) is 0.341. The molecule has 0 saturated heterocycles. The van der Waals surface area contributed by atoms with Crippen molar-refractivity contribution in [3.05, 3.63) is 36.5 Å². The summed E-state index contributed by atoms with van der Waals surface area (Å²) in [5.41, 5.74) is 0. The fourth-order valence-electron chi connectivity index (χ4n) is 2.48. The van der Waals surface area contributed by atoms with Crippen molar-refractivity contribution in [1.29, 1.82) is 0 Å². The van der Waals surface area contributed by atoms with Crippen LogP contribution in [0, 0.1) is 0 Å². The van der Waals surface area contributed by atoms with Gasteiger partial charge in [-0.2, -0.15) is 0 Å². The minimum absolute atomic E-state index is 0.155. The minimum Gasteiger partial charge on any atom is -0.478 e. The fourth-order valence-corrected chi connectivity index (χ4v) is 2.48. The zero-order valence-corrected chi connectivity index (χ0v) is 25.0. The lowest BCUT2D eigenvalue weighted by atomic mass is 10.4. The van der Waals surface area contributed by atoms with E-state index in [1.54, 1.807) is 0 Å². The zero-order chi connectivity index (χ0) is 34.4. The Labute approximate surface area is 257 Å². The van der Waals surface area contributed by atoms with Crippen molar-refractivity contribution in [2.45, 2.75) is 52.1 Å². The second kappa shape index (κ2) is 23.2. The van der Waals surface area contributed by atoms with Gasteiger partial charge in [0.05, 0.1) is 25.8 Å². The number of hydrogen-bond acceptors (Lipinski definition) is 16. The van der Waals surface area contributed by atoms with Gasteiger partial charge in [-0.25, -0.2) is 28.8 Å². The first-order valence-corrected chi connectivity index (χ1v) is 13.2. The number of hydrogen-bond donors (Lipinski definition) is 4. The Balaban J connectivity index is 5.36. The van der Waals surface area contributed by atoms with Crippen LogP contribution in [0.5, 0.6) is 0 Å². The predicted octanol–water partition coefficient (Wildman–Crippen LogP) is -0.585. The van der Waals surface area contributed by atoms with Gasteiger partial charge in [-0.15, -0.1) is 0 Å². The first-order chi connectivity index (χ1) is 21.1. The number of carboxylic acid groups (broad SMARTS) is 3. The van der Waals surface area contributed by atoms with Gasteiger partial charge in [0.25, 0.3) is 0 Å². The molecule has 0 bridgehead atoms. The van der Waals surface area contributed by atoms with Crippen LogP contribution in [-0.4, -0.2) is 131 Å². The van der Waals surface area contributed by atoms with Crippen molar-refractivity contribution in [3.8, 4) is 0 Å². The normalized spacial score (nSPS) is 14.5. The van der Waals surface area contributed by atoms with Gasteiger partial charge in [0.2, 0.25) is 0 Å². The Hall–Kier alpha value is -4.24. The summed E-state index contributed by atoms with van der Waals surface area (Å²) in [4.78, 5) is 88.7. The summed E-state index contributed by atoms with van der Waals surface area (Å²) in [5.74, 6) is -6.87. The molecule has 254 valence electrons. The van der Waals surface area contributed by atoms with E-state index in [0.717, 1.165) is 10.5 Å². The summed E-state index contributed by atoms with van der Waals surface area (Å²) >= 11 is 0. The number of carbonyl (C=O) groups excluding carboxylic acids is 3. The number of aliphatic hydroxyl groups is 1. The molecule has 0 aromatic carbocycles. The molecule has 0 aliphatic carbocycles. The van der Waals surface area contributed by atoms with E-state index >= 15 is 0 Å². The third kappa shape index (κ3) is 24.9. The molecular formula is C26H38N2O17. The monoisotopic (exact) mass is 650 g/mol. The van der Waals surface area contributed by atoms with Gasteiger partial charge in [0.1, 0.15) is 38.1 Å². The number of aliphatic hydroxyl groups excluding tert-OH is 1. The second-order valence-electron chi connectivity index (χ2n) is 8.90. The van der Waals surface area contributed by atoms with Gasteiger partial charge in [-0.3, -0.25) is 19.4 Å². The Bertz CT molecular complexity index is 1010. The van der Waals surface area contributed by atoms with E-state index < -0.39 is 60.2 Å². The predicted molar refractivity (Wildman–Crippen MR) is 146 cm³/mol. The molecule has 0 spiro atoms. The largest absolute Gasteiger partial charge is 0.478 e. The maximum Gasteiger partial charge on any atom is 0.331 e. The third-order valence-electron chi connectivity index (χ3n) is 4.32. The summed E-state index contributed by atoms with van der Waals surface area (Å²) in [6.45, 7) is 4.39. The van der Waals surface area contributed by atoms with Crippen LogP contribution in [0.3, 0.4) is 0 Å². The first-order valence-electron chi connectivity index (χ1n) is 13.2. The van der Waals surface area contributed by atoms with Crippen molar-refractivity contribution < 1.29 is 82.8 Å². The molecule has 0 saturated carbocycles. The van der Waals surface area contributed by atoms with Crippen molar-refractivity contribution in [1.82, 2.24) is 10.5 Å². The number of nitrogens with zero attached hydrogens (tertiary/aromatic N) is 2. The van der Waals surface area contributed by atoms with E-state index in [1.165, 1.54) is 27.7 Å². The summed E-state index contributed by atoms with van der Waals surface area (Å²) in [5, 5.41) is 37.3. The van der Waals surface area contributed by atoms with Gasteiger partial charge in [-0.1, -0.05) is 10.5 Å². The van der Waals surface area contributed by atoms with Gasteiger partial charge in [0, 0.05) is 36.5 Å². The molecule has 0 aliphatic heterocycles. The Kier molecular flexibility index (Phi) is 21.0. The molecule has 19 nitrogen and oxygen atoms in total. The number of aliphatic carboxylic acids is 3. The van der Waals surface area contributed by atoms with Crippen LogP contribution in [0.2, 0.25) is 0 Å². The number of hydroxylamine groups is 4. The molecule has 0 amide bonds. The molecule has 4 N–H and O–H groups in total. The number of ether oxygens (including phenoxy) is 3. The average Bonchev–Trinajstić information content (AvgIpc) is 2.94. The second-order valence-corrected chi connectivity index (χ2v) is 8.90. The Morgan fingerprint density at radius 2 is 0.778 bits per heavy atom. The molecule has 0 aromatic rings. The smallest absolute Gasteiger partial charge is 0.331 e. The number of carbonyl (C=O) groups is 6. The van der Waals surface area contributed by atoms with E-state index in [2.05, 4.69) is 0 Å². The van der Waals surface area contributed by atoms with Gasteiger partial charge < -0.3 is 34.6 Å². The Morgan fingerprint density at radius 3 is 1.02 bits per heavy atom. The van der Waals surface area contributed by atoms with Gasteiger partial charge in [-0.05, 0) is 27.7 Å². The van der Waals surface area contributed by atoms with E-state index in [0.29, 0.717) is 36.5 Å². The number of carboxylic acids is 3. The molecular weight excluding hydrogens is 612 g/mol. The lowest BCUT2D eigenvalue weighted by Crippen LogP contribution is -2.40. The SMILES string of the molecule is CC(O)CON(CCN(OCC(C)OC(=O)/C=C\C(=O)O)OCC(C)OC(=O)/C=C\C(=O)O)OCC(C)OC(=O)/C=C\C(=O)O. The first kappa shape index (κ1) is 40.8. The number of rotatable bonds is 24. The highest BCUT2D eigenvalue weighted by atomic mass is 17.0. The van der Waals surface area contributed by atoms with Crippen molar-refractivity contribution in [2.75, 3.05) is 39.5 Å². The van der Waals surface area contributed by atoms with Crippen LogP contribution in [0.15, 0.2) is 36.5 Å². The summed E-state index contributed by atoms with van der Waals surface area (Å²) in [6, 6.07) is 0. The highest BCUT2D eigenvalue weighted by molar-refractivity contribution is 5.91. The molecule has 19 heteroatoms. The highest BCUT2D eigenvalue weighted by Gasteiger charge is 2.19. The summed E-state index contributed by atoms with van der Waals surface area (Å²) < 4.78 is 15.0. The van der Waals surface area contributed by atoms with Crippen LogP contribution in [-0.2, 0) is 62.3 Å². The minimum atomic E-state index is -1.35. The van der Waals surface area contributed by atoms with Crippen LogP contribution < -0.4 is 0 Å². The van der Waals surface area contributed by atoms with Crippen molar-refractivity contribution in [2.24, 2.45) is 0 Å². The van der Waals surface area contributed by atoms with E-state index in [9.17, 15) is 33.9 Å². The topological polar surface area (TPSA) is 254 Å². The molecule has 0 aromatic heterocycles. The number of esters is 3. The lowest BCUT2D eigenvalue weighted by Gasteiger charge is -2.27. The summed E-state index contributed by atoms with van der Waals surface area (Å²) in [7, 11) is 0. The maximum atomic E-state index is 11.7. The van der Waals surface area contributed by atoms with E-state index in [-0.39, 0.29) is 39.5 Å². The standard InChI is InChI=1S/C26H38N2O17/c1-17(29)13-39-27(40-14-18(2)43-24(36)8-5-21(30)31)11-12-28(41-15-19(3)44-25(37)9-6-22(32)33)42-16-20(4)45-26(38)10-7-23(34)35/h5-10,17-20,29H,11-16H2,1-4H3,(H,30,31)(H,32,33)(H,34,35)/b8-5-,9-6-,10-7-. The fraction of sp³-hybridized carbons (Fsp3) is 0.538. The van der Waals surface area contributed by atoms with Gasteiger partial charge in [0.15, 0.2) is 0 Å². The van der Waals surface area contributed by atoms with Crippen LogP contribution in [0.25, 0.3) is 0 Å². The van der Waals surface area contributed by atoms with E-state index in [4.69, 9.17) is 48.9 Å². The van der Waals surface area contributed by atoms with Gasteiger partial charge >= 0.3 is 35.8 Å². The molecule has 0 rings (SSSR count). The maximum absolute atomic E-state index is 11.7. The van der Waals surface area contributed by atoms with Crippen molar-refractivity contribution >= 4 is 35.8 Å². The molecule has 0 radical (unpaired) electrons. The molecule has 45 heavy (non-hydrogen) atoms. The quantitative estimate of drug-likeness (QED) is 0.0441. The van der Waals surface area contributed by atoms with Crippen LogP contribution in [0.1, 0.15) is 27.7 Å².